The van der Waals surface area contributed by atoms with Gasteiger partial charge in [-0.05, 0) is 29.8 Å². The van der Waals surface area contributed by atoms with Crippen LogP contribution in [-0.2, 0) is 13.5 Å². The second-order valence-corrected chi connectivity index (χ2v) is 6.22. The largest absolute Gasteiger partial charge is 0.478 e. The van der Waals surface area contributed by atoms with E-state index in [1.807, 2.05) is 0 Å². The number of carboxylic acid groups (broad SMARTS) is 1. The van der Waals surface area contributed by atoms with Gasteiger partial charge in [0.05, 0.1) is 6.20 Å². The summed E-state index contributed by atoms with van der Waals surface area (Å²) in [5.74, 6) is -1.59. The van der Waals surface area contributed by atoms with Gasteiger partial charge in [-0.1, -0.05) is 12.1 Å². The molecule has 0 aliphatic rings. The zero-order valence-corrected chi connectivity index (χ0v) is 14.7. The Balaban J connectivity index is 1.64. The van der Waals surface area contributed by atoms with E-state index in [4.69, 9.17) is 0 Å². The highest BCUT2D eigenvalue weighted by Gasteiger charge is 2.22. The fourth-order valence-electron chi connectivity index (χ4n) is 2.98. The molecule has 0 atom stereocenters. The Morgan fingerprint density at radius 2 is 2.04 bits per heavy atom. The number of carbonyl (C=O) groups excluding carboxylic acids is 1. The van der Waals surface area contributed by atoms with Crippen molar-refractivity contribution in [3.05, 3.63) is 71.4 Å². The number of benzene rings is 1. The number of pyridine rings is 1. The van der Waals surface area contributed by atoms with Crippen molar-refractivity contribution in [3.63, 3.8) is 0 Å². The van der Waals surface area contributed by atoms with Crippen LogP contribution in [0.4, 0.5) is 4.39 Å². The first-order valence-corrected chi connectivity index (χ1v) is 8.32. The molecule has 4 aromatic rings. The lowest BCUT2D eigenvalue weighted by molar-refractivity contribution is 0.0691. The Hall–Kier alpha value is -3.88. The molecule has 1 N–H and O–H groups in total. The normalized spacial score (nSPS) is 11.1. The summed E-state index contributed by atoms with van der Waals surface area (Å²) in [6.07, 6.45) is 2.79. The number of rotatable bonds is 5. The van der Waals surface area contributed by atoms with Crippen molar-refractivity contribution in [3.8, 4) is 11.4 Å². The van der Waals surface area contributed by atoms with Crippen LogP contribution in [0.25, 0.3) is 17.0 Å². The molecule has 0 aliphatic heterocycles. The van der Waals surface area contributed by atoms with Crippen molar-refractivity contribution in [2.45, 2.75) is 6.42 Å². The Morgan fingerprint density at radius 3 is 2.79 bits per heavy atom. The lowest BCUT2D eigenvalue weighted by atomic mass is 10.1. The molecule has 3 aromatic heterocycles. The van der Waals surface area contributed by atoms with Crippen LogP contribution >= 0.6 is 0 Å². The van der Waals surface area contributed by atoms with E-state index in [0.29, 0.717) is 22.6 Å². The summed E-state index contributed by atoms with van der Waals surface area (Å²) in [6.45, 7) is 0. The second-order valence-electron chi connectivity index (χ2n) is 6.22. The minimum Gasteiger partial charge on any atom is -0.478 e. The lowest BCUT2D eigenvalue weighted by Gasteiger charge is -2.04. The highest BCUT2D eigenvalue weighted by molar-refractivity contribution is 6.05. The predicted octanol–water partition coefficient (Wildman–Crippen LogP) is 2.39. The first-order valence-electron chi connectivity index (χ1n) is 8.32. The molecule has 0 saturated carbocycles. The number of Topliss-reactive ketones (excluding diaryl/α,β-unsaturated/α-hetero) is 1. The monoisotopic (exact) mass is 379 g/mol. The van der Waals surface area contributed by atoms with Gasteiger partial charge in [-0.2, -0.15) is 5.10 Å². The van der Waals surface area contributed by atoms with Crippen LogP contribution in [0.1, 0.15) is 26.4 Å². The molecule has 0 fully saturated rings. The van der Waals surface area contributed by atoms with E-state index in [1.165, 1.54) is 28.4 Å². The Morgan fingerprint density at radius 1 is 1.21 bits per heavy atom. The Kier molecular flexibility index (Phi) is 4.19. The first-order chi connectivity index (χ1) is 13.4. The number of aryl methyl sites for hydroxylation is 1. The molecule has 28 heavy (non-hydrogen) atoms. The van der Waals surface area contributed by atoms with Crippen molar-refractivity contribution in [2.24, 2.45) is 7.05 Å². The Labute approximate surface area is 157 Å². The van der Waals surface area contributed by atoms with Gasteiger partial charge in [-0.15, -0.1) is 5.10 Å². The quantitative estimate of drug-likeness (QED) is 0.534. The molecule has 0 bridgehead atoms. The minimum absolute atomic E-state index is 0.0154. The molecule has 9 heteroatoms. The van der Waals surface area contributed by atoms with Gasteiger partial charge >= 0.3 is 5.97 Å². The van der Waals surface area contributed by atoms with E-state index < -0.39 is 5.97 Å². The van der Waals surface area contributed by atoms with Crippen molar-refractivity contribution in [1.82, 2.24) is 24.4 Å². The third-order valence-corrected chi connectivity index (χ3v) is 4.28. The van der Waals surface area contributed by atoms with Crippen LogP contribution in [0.15, 0.2) is 48.8 Å². The standard InChI is InChI=1S/C19H14FN5O3/c1-24-17(14(10-21-24)19(27)28)15(26)7-11-5-6-25-16(8-11)22-18(23-25)12-3-2-4-13(20)9-12/h2-6,8-10H,7H2,1H3,(H,27,28). The van der Waals surface area contributed by atoms with Gasteiger partial charge in [0.1, 0.15) is 17.1 Å². The molecular weight excluding hydrogens is 365 g/mol. The van der Waals surface area contributed by atoms with Crippen LogP contribution in [0.2, 0.25) is 0 Å². The summed E-state index contributed by atoms with van der Waals surface area (Å²) in [4.78, 5) is 28.3. The average molecular weight is 379 g/mol. The molecule has 0 amide bonds. The maximum Gasteiger partial charge on any atom is 0.339 e. The average Bonchev–Trinajstić information content (AvgIpc) is 3.25. The van der Waals surface area contributed by atoms with Gasteiger partial charge in [0, 0.05) is 25.2 Å². The van der Waals surface area contributed by atoms with Crippen molar-refractivity contribution in [1.29, 1.82) is 0 Å². The van der Waals surface area contributed by atoms with Crippen molar-refractivity contribution < 1.29 is 19.1 Å². The summed E-state index contributed by atoms with van der Waals surface area (Å²) >= 11 is 0. The second kappa shape index (κ2) is 6.69. The molecule has 0 spiro atoms. The molecule has 8 nitrogen and oxygen atoms in total. The number of halogens is 1. The van der Waals surface area contributed by atoms with Crippen molar-refractivity contribution >= 4 is 17.4 Å². The van der Waals surface area contributed by atoms with Crippen molar-refractivity contribution in [2.75, 3.05) is 0 Å². The fourth-order valence-corrected chi connectivity index (χ4v) is 2.98. The number of carbonyl (C=O) groups is 2. The SMILES string of the molecule is Cn1ncc(C(=O)O)c1C(=O)Cc1ccn2nc(-c3cccc(F)c3)nc2c1. The van der Waals surface area contributed by atoms with Crippen LogP contribution in [0, 0.1) is 5.82 Å². The van der Waals surface area contributed by atoms with E-state index in [2.05, 4.69) is 15.2 Å². The molecule has 0 aliphatic carbocycles. The van der Waals surface area contributed by atoms with Crippen LogP contribution < -0.4 is 0 Å². The molecule has 4 rings (SSSR count). The van der Waals surface area contributed by atoms with E-state index in [1.54, 1.807) is 30.5 Å². The zero-order chi connectivity index (χ0) is 19.8. The molecule has 0 unspecified atom stereocenters. The molecule has 0 saturated heterocycles. The summed E-state index contributed by atoms with van der Waals surface area (Å²) < 4.78 is 16.2. The summed E-state index contributed by atoms with van der Waals surface area (Å²) in [6, 6.07) is 9.35. The number of hydrogen-bond acceptors (Lipinski definition) is 5. The number of aromatic nitrogens is 5. The first kappa shape index (κ1) is 17.5. The van der Waals surface area contributed by atoms with E-state index >= 15 is 0 Å². The van der Waals surface area contributed by atoms with Crippen LogP contribution in [-0.4, -0.2) is 41.2 Å². The third-order valence-electron chi connectivity index (χ3n) is 4.28. The molecular formula is C19H14FN5O3. The summed E-state index contributed by atoms with van der Waals surface area (Å²) in [5.41, 5.74) is 1.59. The summed E-state index contributed by atoms with van der Waals surface area (Å²) in [5, 5.41) is 17.4. The molecule has 0 radical (unpaired) electrons. The summed E-state index contributed by atoms with van der Waals surface area (Å²) in [7, 11) is 1.52. The van der Waals surface area contributed by atoms with Gasteiger partial charge in [-0.25, -0.2) is 18.7 Å². The number of hydrogen-bond donors (Lipinski definition) is 1. The van der Waals surface area contributed by atoms with Gasteiger partial charge in [0.2, 0.25) is 0 Å². The fraction of sp³-hybridized carbons (Fsp3) is 0.105. The number of ketones is 1. The Bertz CT molecular complexity index is 1230. The number of nitrogens with zero attached hydrogens (tertiary/aromatic N) is 5. The molecule has 3 heterocycles. The minimum atomic E-state index is -1.20. The highest BCUT2D eigenvalue weighted by Crippen LogP contribution is 2.19. The maximum atomic E-state index is 13.4. The topological polar surface area (TPSA) is 102 Å². The van der Waals surface area contributed by atoms with Gasteiger partial charge in [-0.3, -0.25) is 9.48 Å². The zero-order valence-electron chi connectivity index (χ0n) is 14.7. The van der Waals surface area contributed by atoms with Crippen LogP contribution in [0.3, 0.4) is 0 Å². The smallest absolute Gasteiger partial charge is 0.339 e. The third kappa shape index (κ3) is 3.13. The molecule has 140 valence electrons. The van der Waals surface area contributed by atoms with Gasteiger partial charge in [0.15, 0.2) is 17.3 Å². The van der Waals surface area contributed by atoms with E-state index in [9.17, 15) is 19.1 Å². The highest BCUT2D eigenvalue weighted by atomic mass is 19.1. The number of fused-ring (bicyclic) bond motifs is 1. The number of aromatic carboxylic acids is 1. The van der Waals surface area contributed by atoms with Gasteiger partial charge in [0.25, 0.3) is 0 Å². The number of carboxylic acids is 1. The van der Waals surface area contributed by atoms with Gasteiger partial charge < -0.3 is 5.11 Å². The van der Waals surface area contributed by atoms with Crippen LogP contribution in [0.5, 0.6) is 0 Å². The maximum absolute atomic E-state index is 13.4. The van der Waals surface area contributed by atoms with E-state index in [0.717, 1.165) is 6.20 Å². The van der Waals surface area contributed by atoms with E-state index in [-0.39, 0.29) is 29.3 Å². The lowest BCUT2D eigenvalue weighted by Crippen LogP contribution is -2.14. The molecule has 1 aromatic carbocycles. The predicted molar refractivity (Wildman–Crippen MR) is 96.6 cm³/mol.